The third-order valence-corrected chi connectivity index (χ3v) is 3.41. The van der Waals surface area contributed by atoms with Crippen molar-refractivity contribution in [2.45, 2.75) is 52.5 Å². The highest BCUT2D eigenvalue weighted by atomic mass is 14.9. The van der Waals surface area contributed by atoms with Gasteiger partial charge in [-0.3, -0.25) is 0 Å². The molecule has 12 heavy (non-hydrogen) atoms. The van der Waals surface area contributed by atoms with Gasteiger partial charge >= 0.3 is 0 Å². The maximum absolute atomic E-state index is 3.55. The minimum absolute atomic E-state index is 0.738. The molecule has 0 bridgehead atoms. The van der Waals surface area contributed by atoms with Gasteiger partial charge in [0.1, 0.15) is 0 Å². The van der Waals surface area contributed by atoms with Crippen molar-refractivity contribution in [3.05, 3.63) is 0 Å². The maximum atomic E-state index is 3.55. The van der Waals surface area contributed by atoms with E-state index in [1.165, 1.54) is 25.7 Å². The molecule has 1 nitrogen and oxygen atoms in total. The van der Waals surface area contributed by atoms with E-state index in [1.54, 1.807) is 0 Å². The Kier molecular flexibility index (Phi) is 4.07. The monoisotopic (exact) mass is 169 g/mol. The van der Waals surface area contributed by atoms with E-state index in [1.807, 2.05) is 0 Å². The van der Waals surface area contributed by atoms with E-state index in [4.69, 9.17) is 0 Å². The summed E-state index contributed by atoms with van der Waals surface area (Å²) in [5, 5.41) is 3.55. The summed E-state index contributed by atoms with van der Waals surface area (Å²) in [7, 11) is 0. The molecule has 0 aromatic carbocycles. The first-order valence-corrected chi connectivity index (χ1v) is 5.53. The van der Waals surface area contributed by atoms with E-state index in [0.29, 0.717) is 0 Å². The van der Waals surface area contributed by atoms with Crippen molar-refractivity contribution >= 4 is 0 Å². The Balaban J connectivity index is 2.38. The van der Waals surface area contributed by atoms with Crippen molar-refractivity contribution in [2.75, 3.05) is 6.54 Å². The van der Waals surface area contributed by atoms with Gasteiger partial charge in [0.2, 0.25) is 0 Å². The predicted molar refractivity (Wildman–Crippen MR) is 54.3 cm³/mol. The van der Waals surface area contributed by atoms with Crippen LogP contribution in [-0.2, 0) is 0 Å². The zero-order valence-corrected chi connectivity index (χ0v) is 8.77. The van der Waals surface area contributed by atoms with Crippen LogP contribution in [0.2, 0.25) is 0 Å². The lowest BCUT2D eigenvalue weighted by Crippen LogP contribution is -2.35. The van der Waals surface area contributed by atoms with E-state index >= 15 is 0 Å². The molecule has 0 amide bonds. The number of hydrogen-bond acceptors (Lipinski definition) is 1. The Bertz CT molecular complexity index is 122. The summed E-state index contributed by atoms with van der Waals surface area (Å²) in [5.74, 6) is 1.95. The summed E-state index contributed by atoms with van der Waals surface area (Å²) in [6.45, 7) is 8.00. The Hall–Kier alpha value is -0.0400. The van der Waals surface area contributed by atoms with Gasteiger partial charge in [-0.15, -0.1) is 0 Å². The smallest absolute Gasteiger partial charge is 0.00695 e. The van der Waals surface area contributed by atoms with E-state index in [9.17, 15) is 0 Å². The number of nitrogens with one attached hydrogen (secondary N) is 1. The van der Waals surface area contributed by atoms with Crippen LogP contribution in [0.1, 0.15) is 46.5 Å². The molecule has 1 aliphatic carbocycles. The molecule has 0 heterocycles. The fourth-order valence-corrected chi connectivity index (χ4v) is 2.70. The van der Waals surface area contributed by atoms with Crippen molar-refractivity contribution in [2.24, 2.45) is 11.8 Å². The first kappa shape index (κ1) is 10.0. The molecule has 0 aliphatic heterocycles. The van der Waals surface area contributed by atoms with Gasteiger partial charge in [0.15, 0.2) is 0 Å². The molecule has 3 unspecified atom stereocenters. The summed E-state index contributed by atoms with van der Waals surface area (Å²) in [5.41, 5.74) is 0. The normalized spacial score (nSPS) is 32.2. The van der Waals surface area contributed by atoms with Gasteiger partial charge in [0.25, 0.3) is 0 Å². The van der Waals surface area contributed by atoms with Crippen molar-refractivity contribution in [1.82, 2.24) is 5.32 Å². The fourth-order valence-electron chi connectivity index (χ4n) is 2.70. The third kappa shape index (κ3) is 2.22. The lowest BCUT2D eigenvalue weighted by Gasteiger charge is -2.25. The number of rotatable bonds is 4. The molecule has 1 N–H and O–H groups in total. The summed E-state index contributed by atoms with van der Waals surface area (Å²) in [6.07, 6.45) is 5.75. The van der Waals surface area contributed by atoms with Crippen LogP contribution in [-0.4, -0.2) is 12.6 Å². The highest BCUT2D eigenvalue weighted by molar-refractivity contribution is 4.83. The Morgan fingerprint density at radius 2 is 2.08 bits per heavy atom. The highest BCUT2D eigenvalue weighted by Gasteiger charge is 2.29. The van der Waals surface area contributed by atoms with Crippen molar-refractivity contribution in [3.63, 3.8) is 0 Å². The van der Waals surface area contributed by atoms with Crippen molar-refractivity contribution in [3.8, 4) is 0 Å². The highest BCUT2D eigenvalue weighted by Crippen LogP contribution is 2.35. The molecule has 1 fully saturated rings. The molecule has 1 aliphatic rings. The van der Waals surface area contributed by atoms with Gasteiger partial charge in [0, 0.05) is 6.04 Å². The molecule has 0 radical (unpaired) electrons. The number of hydrogen-bond donors (Lipinski definition) is 1. The molecule has 1 saturated carbocycles. The van der Waals surface area contributed by atoms with Crippen LogP contribution in [0, 0.1) is 11.8 Å². The summed E-state index contributed by atoms with van der Waals surface area (Å²) < 4.78 is 0. The SMILES string of the molecule is CCNC(C)C1CCCC1CC. The second-order valence-electron chi connectivity index (χ2n) is 4.11. The minimum atomic E-state index is 0.738. The van der Waals surface area contributed by atoms with E-state index in [-0.39, 0.29) is 0 Å². The van der Waals surface area contributed by atoms with Gasteiger partial charge in [0.05, 0.1) is 0 Å². The zero-order chi connectivity index (χ0) is 8.97. The fraction of sp³-hybridized carbons (Fsp3) is 1.00. The van der Waals surface area contributed by atoms with E-state index in [0.717, 1.165) is 24.4 Å². The van der Waals surface area contributed by atoms with Crippen molar-refractivity contribution < 1.29 is 0 Å². The van der Waals surface area contributed by atoms with Crippen molar-refractivity contribution in [1.29, 1.82) is 0 Å². The maximum Gasteiger partial charge on any atom is 0.00695 e. The summed E-state index contributed by atoms with van der Waals surface area (Å²) >= 11 is 0. The average molecular weight is 169 g/mol. The third-order valence-electron chi connectivity index (χ3n) is 3.41. The van der Waals surface area contributed by atoms with Crippen LogP contribution in [0.15, 0.2) is 0 Å². The Morgan fingerprint density at radius 1 is 1.33 bits per heavy atom. The average Bonchev–Trinajstić information content (AvgIpc) is 2.51. The molecule has 72 valence electrons. The second-order valence-corrected chi connectivity index (χ2v) is 4.11. The van der Waals surface area contributed by atoms with Crippen LogP contribution in [0.5, 0.6) is 0 Å². The first-order chi connectivity index (χ1) is 5.79. The first-order valence-electron chi connectivity index (χ1n) is 5.53. The second kappa shape index (κ2) is 4.86. The van der Waals surface area contributed by atoms with Gasteiger partial charge < -0.3 is 5.32 Å². The predicted octanol–water partition coefficient (Wildman–Crippen LogP) is 2.81. The van der Waals surface area contributed by atoms with Gasteiger partial charge in [-0.05, 0) is 31.7 Å². The minimum Gasteiger partial charge on any atom is -0.314 e. The van der Waals surface area contributed by atoms with Crippen LogP contribution in [0.3, 0.4) is 0 Å². The Labute approximate surface area is 76.9 Å². The molecule has 3 atom stereocenters. The van der Waals surface area contributed by atoms with Crippen LogP contribution >= 0.6 is 0 Å². The van der Waals surface area contributed by atoms with Gasteiger partial charge in [-0.1, -0.05) is 33.1 Å². The molecule has 0 spiro atoms. The summed E-state index contributed by atoms with van der Waals surface area (Å²) in [6, 6.07) is 0.738. The van der Waals surface area contributed by atoms with Crippen LogP contribution in [0.25, 0.3) is 0 Å². The molecule has 1 heteroatoms. The molecular formula is C11H23N. The lowest BCUT2D eigenvalue weighted by molar-refractivity contribution is 0.294. The topological polar surface area (TPSA) is 12.0 Å². The van der Waals surface area contributed by atoms with Gasteiger partial charge in [-0.2, -0.15) is 0 Å². The largest absolute Gasteiger partial charge is 0.314 e. The lowest BCUT2D eigenvalue weighted by atomic mass is 9.88. The molecular weight excluding hydrogens is 146 g/mol. The standard InChI is InChI=1S/C11H23N/c1-4-10-7-6-8-11(10)9(3)12-5-2/h9-12H,4-8H2,1-3H3. The quantitative estimate of drug-likeness (QED) is 0.682. The Morgan fingerprint density at radius 3 is 2.67 bits per heavy atom. The van der Waals surface area contributed by atoms with Crippen LogP contribution in [0.4, 0.5) is 0 Å². The van der Waals surface area contributed by atoms with Crippen LogP contribution < -0.4 is 5.32 Å². The molecule has 0 saturated heterocycles. The van der Waals surface area contributed by atoms with Gasteiger partial charge in [-0.25, -0.2) is 0 Å². The van der Waals surface area contributed by atoms with E-state index in [2.05, 4.69) is 26.1 Å². The van der Waals surface area contributed by atoms with E-state index < -0.39 is 0 Å². The summed E-state index contributed by atoms with van der Waals surface area (Å²) in [4.78, 5) is 0. The zero-order valence-electron chi connectivity index (χ0n) is 8.77. The molecule has 1 rings (SSSR count). The molecule has 0 aromatic heterocycles. The molecule has 0 aromatic rings.